The van der Waals surface area contributed by atoms with E-state index in [1.165, 1.54) is 9.88 Å². The monoisotopic (exact) mass is 334 g/mol. The molecule has 0 bridgehead atoms. The highest BCUT2D eigenvalue weighted by atomic mass is 32.1. The SMILES string of the molecule is Cc1nc(C(C)(C)C)sc1C(C)NCc1nccn1CC(C)C. The average molecular weight is 335 g/mol. The van der Waals surface area contributed by atoms with Crippen molar-refractivity contribution in [2.24, 2.45) is 5.92 Å². The first kappa shape index (κ1) is 18.1. The van der Waals surface area contributed by atoms with Gasteiger partial charge in [0.1, 0.15) is 5.82 Å². The molecule has 0 aliphatic carbocycles. The highest BCUT2D eigenvalue weighted by Gasteiger charge is 2.22. The Hall–Kier alpha value is -1.20. The van der Waals surface area contributed by atoms with Gasteiger partial charge in [-0.15, -0.1) is 11.3 Å². The molecule has 2 aromatic rings. The summed E-state index contributed by atoms with van der Waals surface area (Å²) in [6, 6.07) is 0.285. The highest BCUT2D eigenvalue weighted by molar-refractivity contribution is 7.12. The Kier molecular flexibility index (Phi) is 5.63. The summed E-state index contributed by atoms with van der Waals surface area (Å²) in [7, 11) is 0. The number of aromatic nitrogens is 3. The fourth-order valence-electron chi connectivity index (χ4n) is 2.53. The maximum atomic E-state index is 4.76. The molecule has 0 spiro atoms. The number of nitrogens with one attached hydrogen (secondary N) is 1. The molecule has 128 valence electrons. The molecule has 0 aliphatic heterocycles. The minimum Gasteiger partial charge on any atom is -0.334 e. The van der Waals surface area contributed by atoms with Crippen LogP contribution in [0.2, 0.25) is 0 Å². The topological polar surface area (TPSA) is 42.7 Å². The summed E-state index contributed by atoms with van der Waals surface area (Å²) in [5.41, 5.74) is 1.26. The van der Waals surface area contributed by atoms with Gasteiger partial charge in [0.15, 0.2) is 0 Å². The van der Waals surface area contributed by atoms with Crippen LogP contribution in [0.4, 0.5) is 0 Å². The van der Waals surface area contributed by atoms with E-state index < -0.39 is 0 Å². The first-order valence-corrected chi connectivity index (χ1v) is 9.21. The smallest absolute Gasteiger partial charge is 0.122 e. The van der Waals surface area contributed by atoms with Crippen LogP contribution >= 0.6 is 11.3 Å². The van der Waals surface area contributed by atoms with E-state index in [4.69, 9.17) is 4.98 Å². The molecule has 2 aromatic heterocycles. The van der Waals surface area contributed by atoms with E-state index in [-0.39, 0.29) is 11.5 Å². The van der Waals surface area contributed by atoms with Crippen molar-refractivity contribution < 1.29 is 0 Å². The van der Waals surface area contributed by atoms with Gasteiger partial charge in [0, 0.05) is 35.3 Å². The Morgan fingerprint density at radius 1 is 1.26 bits per heavy atom. The predicted molar refractivity (Wildman–Crippen MR) is 97.9 cm³/mol. The summed E-state index contributed by atoms with van der Waals surface area (Å²) in [6.45, 7) is 17.2. The lowest BCUT2D eigenvalue weighted by molar-refractivity contribution is 0.483. The van der Waals surface area contributed by atoms with Gasteiger partial charge in [-0.05, 0) is 19.8 Å². The lowest BCUT2D eigenvalue weighted by atomic mass is 9.98. The Balaban J connectivity index is 2.04. The molecule has 0 saturated carbocycles. The van der Waals surface area contributed by atoms with Crippen molar-refractivity contribution in [2.45, 2.75) is 73.0 Å². The Morgan fingerprint density at radius 3 is 2.52 bits per heavy atom. The molecule has 0 aromatic carbocycles. The summed E-state index contributed by atoms with van der Waals surface area (Å²) in [6.07, 6.45) is 3.96. The number of nitrogens with zero attached hydrogens (tertiary/aromatic N) is 3. The second kappa shape index (κ2) is 7.14. The minimum atomic E-state index is 0.112. The third-order valence-electron chi connectivity index (χ3n) is 3.80. The van der Waals surface area contributed by atoms with Crippen LogP contribution in [0.25, 0.3) is 0 Å². The standard InChI is InChI=1S/C18H30N4S/c1-12(2)11-22-9-8-19-15(22)10-20-13(3)16-14(4)21-17(23-16)18(5,6)7/h8-9,12-13,20H,10-11H2,1-7H3. The van der Waals surface area contributed by atoms with Gasteiger partial charge in [-0.2, -0.15) is 0 Å². The number of rotatable bonds is 6. The lowest BCUT2D eigenvalue weighted by Crippen LogP contribution is -2.21. The van der Waals surface area contributed by atoms with Crippen molar-refractivity contribution in [3.05, 3.63) is 33.8 Å². The molecule has 0 aliphatic rings. The van der Waals surface area contributed by atoms with Crippen LogP contribution in [0.1, 0.15) is 69.0 Å². The van der Waals surface area contributed by atoms with E-state index in [9.17, 15) is 0 Å². The molecule has 1 unspecified atom stereocenters. The molecule has 2 rings (SSSR count). The largest absolute Gasteiger partial charge is 0.334 e. The minimum absolute atomic E-state index is 0.112. The maximum Gasteiger partial charge on any atom is 0.122 e. The summed E-state index contributed by atoms with van der Waals surface area (Å²) in [5, 5.41) is 4.82. The van der Waals surface area contributed by atoms with Crippen LogP contribution in [-0.4, -0.2) is 14.5 Å². The third-order valence-corrected chi connectivity index (χ3v) is 5.56. The first-order valence-electron chi connectivity index (χ1n) is 8.39. The van der Waals surface area contributed by atoms with Crippen LogP contribution in [0.5, 0.6) is 0 Å². The molecule has 5 heteroatoms. The van der Waals surface area contributed by atoms with Gasteiger partial charge in [0.25, 0.3) is 0 Å². The zero-order chi connectivity index (χ0) is 17.2. The molecule has 2 heterocycles. The molecule has 0 saturated heterocycles. The highest BCUT2D eigenvalue weighted by Crippen LogP contribution is 2.32. The summed E-state index contributed by atoms with van der Waals surface area (Å²) in [4.78, 5) is 10.6. The van der Waals surface area contributed by atoms with Crippen molar-refractivity contribution in [1.82, 2.24) is 19.9 Å². The van der Waals surface area contributed by atoms with Gasteiger partial charge in [0.2, 0.25) is 0 Å². The van der Waals surface area contributed by atoms with E-state index in [0.717, 1.165) is 24.6 Å². The van der Waals surface area contributed by atoms with Crippen LogP contribution in [0.15, 0.2) is 12.4 Å². The maximum absolute atomic E-state index is 4.76. The van der Waals surface area contributed by atoms with Gasteiger partial charge in [-0.25, -0.2) is 9.97 Å². The molecular weight excluding hydrogens is 304 g/mol. The van der Waals surface area contributed by atoms with E-state index >= 15 is 0 Å². The molecule has 4 nitrogen and oxygen atoms in total. The summed E-state index contributed by atoms with van der Waals surface area (Å²) in [5.74, 6) is 1.72. The van der Waals surface area contributed by atoms with Gasteiger partial charge in [-0.1, -0.05) is 34.6 Å². The Bertz CT molecular complexity index is 634. The van der Waals surface area contributed by atoms with Gasteiger partial charge >= 0.3 is 0 Å². The zero-order valence-corrected chi connectivity index (χ0v) is 16.3. The lowest BCUT2D eigenvalue weighted by Gasteiger charge is -2.15. The molecule has 23 heavy (non-hydrogen) atoms. The molecule has 0 amide bonds. The van der Waals surface area contributed by atoms with E-state index in [2.05, 4.69) is 69.5 Å². The van der Waals surface area contributed by atoms with E-state index in [1.54, 1.807) is 0 Å². The fraction of sp³-hybridized carbons (Fsp3) is 0.667. The molecule has 0 radical (unpaired) electrons. The second-order valence-corrected chi connectivity index (χ2v) is 8.74. The quantitative estimate of drug-likeness (QED) is 0.848. The fourth-order valence-corrected chi connectivity index (χ4v) is 3.69. The summed E-state index contributed by atoms with van der Waals surface area (Å²) >= 11 is 1.83. The van der Waals surface area contributed by atoms with E-state index in [1.807, 2.05) is 17.5 Å². The van der Waals surface area contributed by atoms with Crippen LogP contribution in [0, 0.1) is 12.8 Å². The number of imidazole rings is 1. The third kappa shape index (κ3) is 4.64. The number of thiazole rings is 1. The van der Waals surface area contributed by atoms with Crippen molar-refractivity contribution in [3.8, 4) is 0 Å². The van der Waals surface area contributed by atoms with Crippen LogP contribution in [-0.2, 0) is 18.5 Å². The molecule has 0 fully saturated rings. The molecule has 1 atom stereocenters. The second-order valence-electron chi connectivity index (χ2n) is 7.71. The zero-order valence-electron chi connectivity index (χ0n) is 15.5. The molecule has 1 N–H and O–H groups in total. The molecular formula is C18H30N4S. The number of hydrogen-bond acceptors (Lipinski definition) is 4. The van der Waals surface area contributed by atoms with Gasteiger partial charge in [0.05, 0.1) is 17.2 Å². The van der Waals surface area contributed by atoms with Crippen LogP contribution < -0.4 is 5.32 Å². The van der Waals surface area contributed by atoms with Gasteiger partial charge < -0.3 is 9.88 Å². The Morgan fingerprint density at radius 2 is 1.96 bits per heavy atom. The summed E-state index contributed by atoms with van der Waals surface area (Å²) < 4.78 is 2.24. The van der Waals surface area contributed by atoms with Crippen LogP contribution in [0.3, 0.4) is 0 Å². The van der Waals surface area contributed by atoms with Crippen molar-refractivity contribution in [2.75, 3.05) is 0 Å². The van der Waals surface area contributed by atoms with E-state index in [0.29, 0.717) is 5.92 Å². The van der Waals surface area contributed by atoms with Crippen molar-refractivity contribution in [1.29, 1.82) is 0 Å². The van der Waals surface area contributed by atoms with Crippen molar-refractivity contribution in [3.63, 3.8) is 0 Å². The average Bonchev–Trinajstić information content (AvgIpc) is 3.01. The Labute approximate surface area is 144 Å². The predicted octanol–water partition coefficient (Wildman–Crippen LogP) is 4.45. The van der Waals surface area contributed by atoms with Crippen molar-refractivity contribution >= 4 is 11.3 Å². The van der Waals surface area contributed by atoms with Gasteiger partial charge in [-0.3, -0.25) is 0 Å². The first-order chi connectivity index (χ1) is 10.7. The normalized spacial score (nSPS) is 13.7. The number of aryl methyl sites for hydroxylation is 1. The number of hydrogen-bond donors (Lipinski definition) is 1.